The van der Waals surface area contributed by atoms with Crippen LogP contribution in [0.3, 0.4) is 0 Å². The van der Waals surface area contributed by atoms with E-state index in [-0.39, 0.29) is 0 Å². The lowest BCUT2D eigenvalue weighted by atomic mass is 10.1. The third-order valence-electron chi connectivity index (χ3n) is 3.96. The Morgan fingerprint density at radius 3 is 2.82 bits per heavy atom. The summed E-state index contributed by atoms with van der Waals surface area (Å²) in [5, 5.41) is 4.63. The average molecular weight is 338 g/mol. The minimum absolute atomic E-state index is 0.534. The van der Waals surface area contributed by atoms with Crippen LogP contribution in [0.1, 0.15) is 30.5 Å². The van der Waals surface area contributed by atoms with E-state index in [4.69, 9.17) is 11.6 Å². The van der Waals surface area contributed by atoms with Crippen molar-refractivity contribution >= 4 is 28.8 Å². The van der Waals surface area contributed by atoms with Crippen molar-refractivity contribution in [1.29, 1.82) is 0 Å². The van der Waals surface area contributed by atoms with E-state index in [9.17, 15) is 0 Å². The molecule has 0 spiro atoms. The Balaban J connectivity index is 1.49. The summed E-state index contributed by atoms with van der Waals surface area (Å²) in [4.78, 5) is 15.3. The van der Waals surface area contributed by atoms with E-state index in [1.54, 1.807) is 23.9 Å². The highest BCUT2D eigenvalue weighted by Gasteiger charge is 2.20. The van der Waals surface area contributed by atoms with Gasteiger partial charge in [0.2, 0.25) is 0 Å². The predicted molar refractivity (Wildman–Crippen MR) is 90.6 cm³/mol. The monoisotopic (exact) mass is 337 g/mol. The molecule has 1 N–H and O–H groups in total. The summed E-state index contributed by atoms with van der Waals surface area (Å²) >= 11 is 7.45. The fraction of sp³-hybridized carbons (Fsp3) is 0.533. The van der Waals surface area contributed by atoms with Gasteiger partial charge in [-0.05, 0) is 19.3 Å². The van der Waals surface area contributed by atoms with Gasteiger partial charge in [-0.25, -0.2) is 15.0 Å². The maximum Gasteiger partial charge on any atom is 0.132 e. The number of halogens is 1. The Kier molecular flexibility index (Phi) is 5.23. The fourth-order valence-electron chi connectivity index (χ4n) is 2.67. The molecular weight excluding hydrogens is 318 g/mol. The molecule has 0 bridgehead atoms. The Morgan fingerprint density at radius 2 is 2.14 bits per heavy atom. The third kappa shape index (κ3) is 3.94. The van der Waals surface area contributed by atoms with Gasteiger partial charge in [0.15, 0.2) is 0 Å². The number of nitrogens with zero attached hydrogens (tertiary/aromatic N) is 4. The lowest BCUT2D eigenvalue weighted by Crippen LogP contribution is -2.42. The fourth-order valence-corrected chi connectivity index (χ4v) is 3.57. The maximum atomic E-state index is 5.90. The molecular formula is C15H20ClN5S. The van der Waals surface area contributed by atoms with Gasteiger partial charge < -0.3 is 10.2 Å². The van der Waals surface area contributed by atoms with Gasteiger partial charge in [-0.3, -0.25) is 0 Å². The molecule has 1 aliphatic rings. The van der Waals surface area contributed by atoms with E-state index in [2.05, 4.69) is 38.2 Å². The van der Waals surface area contributed by atoms with Crippen molar-refractivity contribution in [3.05, 3.63) is 33.6 Å². The van der Waals surface area contributed by atoms with Crippen molar-refractivity contribution in [2.45, 2.75) is 38.8 Å². The number of hydrogen-bond donors (Lipinski definition) is 1. The van der Waals surface area contributed by atoms with Crippen molar-refractivity contribution in [2.75, 3.05) is 18.0 Å². The van der Waals surface area contributed by atoms with Gasteiger partial charge in [-0.15, -0.1) is 11.3 Å². The third-order valence-corrected chi connectivity index (χ3v) is 5.07. The van der Waals surface area contributed by atoms with Crippen LogP contribution in [0.4, 0.5) is 5.82 Å². The Bertz CT molecular complexity index is 609. The minimum atomic E-state index is 0.534. The normalized spacial score (nSPS) is 16.2. The van der Waals surface area contributed by atoms with Crippen LogP contribution in [0.15, 0.2) is 18.6 Å². The topological polar surface area (TPSA) is 53.9 Å². The summed E-state index contributed by atoms with van der Waals surface area (Å²) in [6, 6.07) is 2.64. The number of rotatable bonds is 5. The average Bonchev–Trinajstić information content (AvgIpc) is 2.99. The number of piperidine rings is 1. The van der Waals surface area contributed by atoms with Crippen LogP contribution in [0.2, 0.25) is 4.34 Å². The molecule has 0 radical (unpaired) electrons. The zero-order valence-corrected chi connectivity index (χ0v) is 14.2. The summed E-state index contributed by atoms with van der Waals surface area (Å²) in [7, 11) is 0. The molecule has 0 amide bonds. The number of hydrogen-bond acceptors (Lipinski definition) is 6. The molecule has 0 saturated carbocycles. The van der Waals surface area contributed by atoms with Crippen molar-refractivity contribution in [2.24, 2.45) is 0 Å². The molecule has 22 heavy (non-hydrogen) atoms. The van der Waals surface area contributed by atoms with Gasteiger partial charge >= 0.3 is 0 Å². The van der Waals surface area contributed by atoms with Crippen LogP contribution in [0, 0.1) is 0 Å². The quantitative estimate of drug-likeness (QED) is 0.909. The molecule has 3 rings (SSSR count). The van der Waals surface area contributed by atoms with Crippen LogP contribution < -0.4 is 10.2 Å². The standard InChI is InChI=1S/C15H20ClN5S/c1-2-11-7-14(20-10-19-11)21-5-3-12(4-6-21)17-9-15-18-8-13(16)22-15/h7-8,10,12,17H,2-6,9H2,1H3. The first kappa shape index (κ1) is 15.6. The molecule has 2 aromatic rings. The Hall–Kier alpha value is -1.24. The first-order valence-electron chi connectivity index (χ1n) is 7.64. The zero-order valence-electron chi connectivity index (χ0n) is 12.6. The van der Waals surface area contributed by atoms with Gasteiger partial charge in [0, 0.05) is 37.4 Å². The van der Waals surface area contributed by atoms with Crippen molar-refractivity contribution in [3.63, 3.8) is 0 Å². The van der Waals surface area contributed by atoms with Gasteiger partial charge in [-0.2, -0.15) is 0 Å². The lowest BCUT2D eigenvalue weighted by Gasteiger charge is -2.33. The molecule has 118 valence electrons. The van der Waals surface area contributed by atoms with E-state index >= 15 is 0 Å². The molecule has 0 aliphatic carbocycles. The zero-order chi connectivity index (χ0) is 15.4. The van der Waals surface area contributed by atoms with Gasteiger partial charge in [0.1, 0.15) is 21.5 Å². The summed E-state index contributed by atoms with van der Waals surface area (Å²) in [6.45, 7) is 4.97. The van der Waals surface area contributed by atoms with Gasteiger partial charge in [0.25, 0.3) is 0 Å². The van der Waals surface area contributed by atoms with Crippen LogP contribution in [-0.4, -0.2) is 34.1 Å². The van der Waals surface area contributed by atoms with Crippen LogP contribution in [-0.2, 0) is 13.0 Å². The highest BCUT2D eigenvalue weighted by atomic mass is 35.5. The SMILES string of the molecule is CCc1cc(N2CCC(NCc3ncc(Cl)s3)CC2)ncn1. The Morgan fingerprint density at radius 1 is 1.32 bits per heavy atom. The highest BCUT2D eigenvalue weighted by molar-refractivity contribution is 7.15. The first-order valence-corrected chi connectivity index (χ1v) is 8.83. The highest BCUT2D eigenvalue weighted by Crippen LogP contribution is 2.20. The van der Waals surface area contributed by atoms with Crippen molar-refractivity contribution in [3.8, 4) is 0 Å². The molecule has 0 atom stereocenters. The molecule has 0 unspecified atom stereocenters. The molecule has 1 saturated heterocycles. The van der Waals surface area contributed by atoms with Crippen LogP contribution in [0.25, 0.3) is 0 Å². The number of aromatic nitrogens is 3. The second kappa shape index (κ2) is 7.35. The smallest absolute Gasteiger partial charge is 0.132 e. The molecule has 1 aliphatic heterocycles. The van der Waals surface area contributed by atoms with E-state index in [1.165, 1.54) is 0 Å². The summed E-state index contributed by atoms with van der Waals surface area (Å²) in [6.07, 6.45) is 6.57. The molecule has 3 heterocycles. The lowest BCUT2D eigenvalue weighted by molar-refractivity contribution is 0.412. The second-order valence-electron chi connectivity index (χ2n) is 5.42. The van der Waals surface area contributed by atoms with E-state index < -0.39 is 0 Å². The first-order chi connectivity index (χ1) is 10.7. The minimum Gasteiger partial charge on any atom is -0.356 e. The van der Waals surface area contributed by atoms with Crippen LogP contribution in [0.5, 0.6) is 0 Å². The van der Waals surface area contributed by atoms with Crippen LogP contribution >= 0.6 is 22.9 Å². The second-order valence-corrected chi connectivity index (χ2v) is 7.17. The molecule has 7 heteroatoms. The summed E-state index contributed by atoms with van der Waals surface area (Å²) < 4.78 is 0.752. The van der Waals surface area contributed by atoms with Gasteiger partial charge in [-0.1, -0.05) is 18.5 Å². The molecule has 0 aromatic carbocycles. The Labute approximate surface area is 139 Å². The summed E-state index contributed by atoms with van der Waals surface area (Å²) in [5.74, 6) is 1.05. The molecule has 2 aromatic heterocycles. The molecule has 1 fully saturated rings. The number of nitrogens with one attached hydrogen (secondary N) is 1. The van der Waals surface area contributed by atoms with E-state index in [1.807, 2.05) is 0 Å². The van der Waals surface area contributed by atoms with E-state index in [0.717, 1.165) is 59.8 Å². The van der Waals surface area contributed by atoms with Crippen molar-refractivity contribution < 1.29 is 0 Å². The largest absolute Gasteiger partial charge is 0.356 e. The van der Waals surface area contributed by atoms with Crippen molar-refractivity contribution in [1.82, 2.24) is 20.3 Å². The maximum absolute atomic E-state index is 5.90. The summed E-state index contributed by atoms with van der Waals surface area (Å²) in [5.41, 5.74) is 1.10. The number of aryl methyl sites for hydroxylation is 1. The number of thiazole rings is 1. The molecule has 5 nitrogen and oxygen atoms in total. The predicted octanol–water partition coefficient (Wildman–Crippen LogP) is 2.91. The number of anilines is 1. The van der Waals surface area contributed by atoms with Gasteiger partial charge in [0.05, 0.1) is 6.20 Å². The van der Waals surface area contributed by atoms with E-state index in [0.29, 0.717) is 6.04 Å².